The number of hydrogen-bond acceptors (Lipinski definition) is 3. The van der Waals surface area contributed by atoms with Gasteiger partial charge in [-0.05, 0) is 35.7 Å². The average molecular weight is 420 g/mol. The summed E-state index contributed by atoms with van der Waals surface area (Å²) in [5.41, 5.74) is 1.51. The third-order valence-electron chi connectivity index (χ3n) is 5.58. The number of nitrogens with zero attached hydrogens (tertiary/aromatic N) is 1. The quantitative estimate of drug-likeness (QED) is 0.577. The Balaban J connectivity index is 1.68. The van der Waals surface area contributed by atoms with Crippen LogP contribution < -0.4 is 4.90 Å². The highest BCUT2D eigenvalue weighted by atomic mass is 35.5. The van der Waals surface area contributed by atoms with Gasteiger partial charge in [0, 0.05) is 16.1 Å². The second kappa shape index (κ2) is 8.05. The monoisotopic (exact) mass is 419 g/mol. The number of fused-ring (bicyclic) bond motifs is 1. The van der Waals surface area contributed by atoms with Crippen LogP contribution in [0.15, 0.2) is 72.8 Å². The molecule has 152 valence electrons. The molecule has 1 aliphatic heterocycles. The summed E-state index contributed by atoms with van der Waals surface area (Å²) in [6, 6.07) is 21.8. The largest absolute Gasteiger partial charge is 0.375 e. The topological polar surface area (TPSA) is 57.6 Å². The van der Waals surface area contributed by atoms with E-state index < -0.39 is 11.5 Å². The maximum Gasteiger partial charge on any atom is 0.264 e. The number of rotatable bonds is 6. The molecule has 0 spiro atoms. The Morgan fingerprint density at radius 2 is 1.70 bits per heavy atom. The molecule has 0 bridgehead atoms. The predicted molar refractivity (Wildman–Crippen MR) is 118 cm³/mol. The number of aryl methyl sites for hydroxylation is 1. The number of amides is 1. The zero-order valence-corrected chi connectivity index (χ0v) is 17.4. The van der Waals surface area contributed by atoms with E-state index in [2.05, 4.69) is 0 Å². The maximum atomic E-state index is 13.3. The standard InChI is InChI=1S/C25H22ClNO3/c1-2-17-8-10-19(11-9-17)23(28)15-25(30)21-14-20(26)12-13-22(21)27(24(25)29)16-18-6-4-3-5-7-18/h3-14,30H,2,15-16H2,1H3/t25-/m0/s1. The van der Waals surface area contributed by atoms with Gasteiger partial charge in [-0.15, -0.1) is 0 Å². The van der Waals surface area contributed by atoms with Gasteiger partial charge in [0.1, 0.15) is 0 Å². The van der Waals surface area contributed by atoms with Crippen molar-refractivity contribution in [1.82, 2.24) is 0 Å². The van der Waals surface area contributed by atoms with Crippen molar-refractivity contribution in [3.63, 3.8) is 0 Å². The van der Waals surface area contributed by atoms with Crippen LogP contribution in [0.3, 0.4) is 0 Å². The Morgan fingerprint density at radius 3 is 2.37 bits per heavy atom. The van der Waals surface area contributed by atoms with Crippen LogP contribution in [0, 0.1) is 0 Å². The second-order valence-corrected chi connectivity index (χ2v) is 7.99. The molecule has 0 aliphatic carbocycles. The molecule has 4 rings (SSSR count). The van der Waals surface area contributed by atoms with Gasteiger partial charge in [-0.3, -0.25) is 9.59 Å². The molecule has 0 aromatic heterocycles. The maximum absolute atomic E-state index is 13.3. The summed E-state index contributed by atoms with van der Waals surface area (Å²) >= 11 is 6.17. The Hall–Kier alpha value is -2.95. The van der Waals surface area contributed by atoms with Crippen molar-refractivity contribution in [2.75, 3.05) is 4.90 Å². The first-order chi connectivity index (χ1) is 14.4. The molecule has 0 unspecified atom stereocenters. The van der Waals surface area contributed by atoms with E-state index in [9.17, 15) is 14.7 Å². The number of aliphatic hydroxyl groups is 1. The van der Waals surface area contributed by atoms with Crippen LogP contribution in [0.4, 0.5) is 5.69 Å². The van der Waals surface area contributed by atoms with E-state index in [1.165, 1.54) is 4.90 Å². The minimum atomic E-state index is -1.95. The molecule has 1 N–H and O–H groups in total. The van der Waals surface area contributed by atoms with E-state index in [1.807, 2.05) is 49.4 Å². The Bertz CT molecular complexity index is 1100. The molecule has 1 heterocycles. The van der Waals surface area contributed by atoms with E-state index in [4.69, 9.17) is 11.6 Å². The highest BCUT2D eigenvalue weighted by molar-refractivity contribution is 6.31. The molecule has 30 heavy (non-hydrogen) atoms. The van der Waals surface area contributed by atoms with E-state index in [1.54, 1.807) is 30.3 Å². The van der Waals surface area contributed by atoms with Crippen molar-refractivity contribution in [2.45, 2.75) is 31.9 Å². The summed E-state index contributed by atoms with van der Waals surface area (Å²) in [4.78, 5) is 27.8. The second-order valence-electron chi connectivity index (χ2n) is 7.55. The molecular formula is C25H22ClNO3. The van der Waals surface area contributed by atoms with E-state index in [0.717, 1.165) is 17.5 Å². The fourth-order valence-corrected chi connectivity index (χ4v) is 4.05. The van der Waals surface area contributed by atoms with Crippen LogP contribution in [-0.4, -0.2) is 16.8 Å². The smallest absolute Gasteiger partial charge is 0.264 e. The van der Waals surface area contributed by atoms with Crippen LogP contribution in [0.5, 0.6) is 0 Å². The summed E-state index contributed by atoms with van der Waals surface area (Å²) in [5.74, 6) is -0.803. The number of hydrogen-bond donors (Lipinski definition) is 1. The zero-order valence-electron chi connectivity index (χ0n) is 16.6. The lowest BCUT2D eigenvalue weighted by Crippen LogP contribution is -2.41. The Morgan fingerprint density at radius 1 is 1.00 bits per heavy atom. The minimum Gasteiger partial charge on any atom is -0.375 e. The number of ketones is 1. The average Bonchev–Trinajstić information content (AvgIpc) is 2.96. The lowest BCUT2D eigenvalue weighted by molar-refractivity contribution is -0.136. The van der Waals surface area contributed by atoms with Crippen LogP contribution in [-0.2, 0) is 23.4 Å². The van der Waals surface area contributed by atoms with Crippen molar-refractivity contribution >= 4 is 29.0 Å². The van der Waals surface area contributed by atoms with Gasteiger partial charge in [0.25, 0.3) is 5.91 Å². The normalized spacial score (nSPS) is 17.8. The van der Waals surface area contributed by atoms with Gasteiger partial charge in [0.2, 0.25) is 0 Å². The minimum absolute atomic E-state index is 0.291. The predicted octanol–water partition coefficient (Wildman–Crippen LogP) is 4.91. The molecular weight excluding hydrogens is 398 g/mol. The fourth-order valence-electron chi connectivity index (χ4n) is 3.88. The molecule has 4 nitrogen and oxygen atoms in total. The number of carbonyl (C=O) groups excluding carboxylic acids is 2. The molecule has 0 fully saturated rings. The number of benzene rings is 3. The first kappa shape index (κ1) is 20.3. The van der Waals surface area contributed by atoms with Crippen LogP contribution >= 0.6 is 11.6 Å². The van der Waals surface area contributed by atoms with Gasteiger partial charge in [-0.25, -0.2) is 0 Å². The summed E-state index contributed by atoms with van der Waals surface area (Å²) in [6.45, 7) is 2.34. The number of Topliss-reactive ketones (excluding diaryl/α,β-unsaturated/α-hetero) is 1. The summed E-state index contributed by atoms with van der Waals surface area (Å²) in [5, 5.41) is 11.9. The van der Waals surface area contributed by atoms with E-state index in [0.29, 0.717) is 28.4 Å². The first-order valence-electron chi connectivity index (χ1n) is 9.93. The van der Waals surface area contributed by atoms with Gasteiger partial charge < -0.3 is 10.0 Å². The van der Waals surface area contributed by atoms with E-state index in [-0.39, 0.29) is 12.2 Å². The van der Waals surface area contributed by atoms with E-state index >= 15 is 0 Å². The molecule has 1 aliphatic rings. The van der Waals surface area contributed by atoms with Crippen molar-refractivity contribution in [1.29, 1.82) is 0 Å². The van der Waals surface area contributed by atoms with Crippen LogP contribution in [0.25, 0.3) is 0 Å². The third-order valence-corrected chi connectivity index (χ3v) is 5.81. The molecule has 3 aromatic rings. The Labute approximate surface area is 180 Å². The molecule has 1 atom stereocenters. The van der Waals surface area contributed by atoms with Crippen molar-refractivity contribution in [3.8, 4) is 0 Å². The van der Waals surface area contributed by atoms with Gasteiger partial charge in [-0.2, -0.15) is 0 Å². The number of anilines is 1. The highest BCUT2D eigenvalue weighted by Crippen LogP contribution is 2.44. The summed E-state index contributed by atoms with van der Waals surface area (Å²) < 4.78 is 0. The Kier molecular flexibility index (Phi) is 5.46. The highest BCUT2D eigenvalue weighted by Gasteiger charge is 2.51. The SMILES string of the molecule is CCc1ccc(C(=O)C[C@@]2(O)C(=O)N(Cc3ccccc3)c3ccc(Cl)cc32)cc1. The number of carbonyl (C=O) groups is 2. The zero-order chi connectivity index (χ0) is 21.3. The third kappa shape index (κ3) is 3.64. The van der Waals surface area contributed by atoms with Crippen LogP contribution in [0.1, 0.15) is 40.4 Å². The lowest BCUT2D eigenvalue weighted by Gasteiger charge is -2.23. The van der Waals surface area contributed by atoms with Crippen molar-refractivity contribution in [2.24, 2.45) is 0 Å². The molecule has 0 saturated heterocycles. The van der Waals surface area contributed by atoms with Crippen LogP contribution in [0.2, 0.25) is 5.02 Å². The van der Waals surface area contributed by atoms with Crippen molar-refractivity contribution in [3.05, 3.63) is 100 Å². The molecule has 0 radical (unpaired) electrons. The fraction of sp³-hybridized carbons (Fsp3) is 0.200. The van der Waals surface area contributed by atoms with Gasteiger partial charge >= 0.3 is 0 Å². The van der Waals surface area contributed by atoms with Crippen molar-refractivity contribution < 1.29 is 14.7 Å². The lowest BCUT2D eigenvalue weighted by atomic mass is 9.88. The molecule has 0 saturated carbocycles. The molecule has 5 heteroatoms. The first-order valence-corrected chi connectivity index (χ1v) is 10.3. The summed E-state index contributed by atoms with van der Waals surface area (Å²) in [6.07, 6.45) is 0.535. The number of halogens is 1. The van der Waals surface area contributed by atoms with Gasteiger partial charge in [0.15, 0.2) is 11.4 Å². The van der Waals surface area contributed by atoms with Gasteiger partial charge in [-0.1, -0.05) is 73.1 Å². The van der Waals surface area contributed by atoms with Gasteiger partial charge in [0.05, 0.1) is 18.7 Å². The summed E-state index contributed by atoms with van der Waals surface area (Å²) in [7, 11) is 0. The molecule has 1 amide bonds. The molecule has 3 aromatic carbocycles.